The van der Waals surface area contributed by atoms with Crippen LogP contribution in [0.25, 0.3) is 6.08 Å². The molecule has 0 N–H and O–H groups in total. The summed E-state index contributed by atoms with van der Waals surface area (Å²) in [4.78, 5) is 0. The first kappa shape index (κ1) is 5.99. The average molecular weight is 150 g/mol. The molecule has 0 bridgehead atoms. The van der Waals surface area contributed by atoms with Crippen LogP contribution in [-0.2, 0) is 6.42 Å². The summed E-state index contributed by atoms with van der Waals surface area (Å²) in [7, 11) is 0. The Bertz CT molecular complexity index is 287. The van der Waals surface area contributed by atoms with Gasteiger partial charge in [0.1, 0.15) is 0 Å². The van der Waals surface area contributed by atoms with Gasteiger partial charge in [-0.1, -0.05) is 29.8 Å². The lowest BCUT2D eigenvalue weighted by molar-refractivity contribution is 1.30. The maximum absolute atomic E-state index is 5.90. The third-order valence-electron chi connectivity index (χ3n) is 1.68. The third-order valence-corrected chi connectivity index (χ3v) is 2.01. The van der Waals surface area contributed by atoms with E-state index in [2.05, 4.69) is 12.1 Å². The largest absolute Gasteiger partial charge is 0.0837 e. The molecule has 0 saturated heterocycles. The average Bonchev–Trinajstić information content (AvgIpc) is 2.36. The van der Waals surface area contributed by atoms with E-state index >= 15 is 0 Å². The Balaban J connectivity index is 2.67. The zero-order valence-corrected chi connectivity index (χ0v) is 6.15. The number of benzene rings is 1. The van der Waals surface area contributed by atoms with Crippen LogP contribution in [0.2, 0.25) is 5.02 Å². The van der Waals surface area contributed by atoms with Crippen molar-refractivity contribution in [3.63, 3.8) is 0 Å². The Morgan fingerprint density at radius 3 is 3.20 bits per heavy atom. The molecule has 0 spiro atoms. The molecule has 10 heavy (non-hydrogen) atoms. The molecule has 1 aliphatic rings. The molecule has 1 heteroatoms. The molecule has 1 radical (unpaired) electrons. The van der Waals surface area contributed by atoms with E-state index in [1.165, 1.54) is 5.56 Å². The second-order valence-corrected chi connectivity index (χ2v) is 2.73. The van der Waals surface area contributed by atoms with Crippen LogP contribution < -0.4 is 0 Å². The van der Waals surface area contributed by atoms with Crippen LogP contribution in [-0.4, -0.2) is 0 Å². The maximum Gasteiger partial charge on any atom is 0.0481 e. The summed E-state index contributed by atoms with van der Waals surface area (Å²) in [5, 5.41) is 0.836. The number of hydrogen-bond acceptors (Lipinski definition) is 0. The van der Waals surface area contributed by atoms with Gasteiger partial charge in [-0.3, -0.25) is 0 Å². The lowest BCUT2D eigenvalue weighted by atomic mass is 10.1. The molecule has 0 fully saturated rings. The summed E-state index contributed by atoms with van der Waals surface area (Å²) >= 11 is 5.90. The Labute approximate surface area is 65.1 Å². The molecule has 0 aromatic heterocycles. The minimum absolute atomic E-state index is 0.836. The van der Waals surface area contributed by atoms with Crippen molar-refractivity contribution in [2.45, 2.75) is 6.42 Å². The van der Waals surface area contributed by atoms with Crippen molar-refractivity contribution in [3.05, 3.63) is 40.4 Å². The maximum atomic E-state index is 5.90. The minimum atomic E-state index is 0.836. The molecule has 0 atom stereocenters. The number of halogens is 1. The first-order valence-corrected chi connectivity index (χ1v) is 3.61. The smallest absolute Gasteiger partial charge is 0.0481 e. The summed E-state index contributed by atoms with van der Waals surface area (Å²) in [5.41, 5.74) is 2.36. The predicted octanol–water partition coefficient (Wildman–Crippen LogP) is 2.71. The van der Waals surface area contributed by atoms with Gasteiger partial charge in [0.05, 0.1) is 0 Å². The molecule has 2 rings (SSSR count). The van der Waals surface area contributed by atoms with E-state index in [0.29, 0.717) is 0 Å². The number of fused-ring (bicyclic) bond motifs is 1. The van der Waals surface area contributed by atoms with Gasteiger partial charge in [0, 0.05) is 5.02 Å². The van der Waals surface area contributed by atoms with Crippen molar-refractivity contribution >= 4 is 17.7 Å². The predicted molar refractivity (Wildman–Crippen MR) is 43.0 cm³/mol. The molecule has 1 aromatic rings. The van der Waals surface area contributed by atoms with Crippen LogP contribution in [0.3, 0.4) is 0 Å². The highest BCUT2D eigenvalue weighted by molar-refractivity contribution is 6.32. The van der Waals surface area contributed by atoms with Crippen molar-refractivity contribution in [3.8, 4) is 0 Å². The zero-order valence-electron chi connectivity index (χ0n) is 5.39. The van der Waals surface area contributed by atoms with Crippen LogP contribution in [0, 0.1) is 6.07 Å². The van der Waals surface area contributed by atoms with Crippen LogP contribution >= 0.6 is 11.6 Å². The highest BCUT2D eigenvalue weighted by atomic mass is 35.5. The van der Waals surface area contributed by atoms with Crippen LogP contribution in [0.1, 0.15) is 11.1 Å². The van der Waals surface area contributed by atoms with Crippen LogP contribution in [0.15, 0.2) is 18.2 Å². The highest BCUT2D eigenvalue weighted by Crippen LogP contribution is 2.25. The van der Waals surface area contributed by atoms with Crippen molar-refractivity contribution in [1.82, 2.24) is 0 Å². The van der Waals surface area contributed by atoms with Crippen molar-refractivity contribution in [2.24, 2.45) is 0 Å². The Kier molecular flexibility index (Phi) is 1.28. The van der Waals surface area contributed by atoms with E-state index in [9.17, 15) is 0 Å². The van der Waals surface area contributed by atoms with Gasteiger partial charge in [-0.05, 0) is 29.7 Å². The summed E-state index contributed by atoms with van der Waals surface area (Å²) in [6, 6.07) is 6.88. The first-order chi connectivity index (χ1) is 4.88. The number of rotatable bonds is 0. The highest BCUT2D eigenvalue weighted by Gasteiger charge is 2.06. The van der Waals surface area contributed by atoms with Crippen LogP contribution in [0.4, 0.5) is 0 Å². The molecule has 1 aromatic carbocycles. The molecule has 0 amide bonds. The zero-order chi connectivity index (χ0) is 6.97. The van der Waals surface area contributed by atoms with E-state index < -0.39 is 0 Å². The lowest BCUT2D eigenvalue weighted by Gasteiger charge is -1.97. The summed E-state index contributed by atoms with van der Waals surface area (Å²) in [5.74, 6) is 0. The van der Waals surface area contributed by atoms with Gasteiger partial charge in [0.25, 0.3) is 0 Å². The van der Waals surface area contributed by atoms with Gasteiger partial charge in [0.15, 0.2) is 0 Å². The Hall–Kier alpha value is -0.750. The monoisotopic (exact) mass is 149 g/mol. The van der Waals surface area contributed by atoms with Crippen molar-refractivity contribution in [2.75, 3.05) is 0 Å². The summed E-state index contributed by atoms with van der Waals surface area (Å²) in [6.45, 7) is 0. The van der Waals surface area contributed by atoms with E-state index in [1.807, 2.05) is 18.2 Å². The Morgan fingerprint density at radius 1 is 1.50 bits per heavy atom. The van der Waals surface area contributed by atoms with Crippen molar-refractivity contribution < 1.29 is 0 Å². The fourth-order valence-corrected chi connectivity index (χ4v) is 1.41. The molecule has 0 unspecified atom stereocenters. The topological polar surface area (TPSA) is 0 Å². The fourth-order valence-electron chi connectivity index (χ4n) is 1.17. The molecule has 1 aliphatic carbocycles. The van der Waals surface area contributed by atoms with Crippen LogP contribution in [0.5, 0.6) is 0 Å². The van der Waals surface area contributed by atoms with E-state index in [1.54, 1.807) is 0 Å². The van der Waals surface area contributed by atoms with Gasteiger partial charge in [0.2, 0.25) is 0 Å². The molecule has 0 nitrogen and oxygen atoms in total. The lowest BCUT2D eigenvalue weighted by Crippen LogP contribution is -1.80. The molecule has 0 aliphatic heterocycles. The molecular weight excluding hydrogens is 144 g/mol. The van der Waals surface area contributed by atoms with E-state index in [0.717, 1.165) is 17.0 Å². The van der Waals surface area contributed by atoms with Gasteiger partial charge in [-0.15, -0.1) is 0 Å². The molecular formula is C9H6Cl. The fraction of sp³-hybridized carbons (Fsp3) is 0.111. The normalized spacial score (nSPS) is 13.7. The minimum Gasteiger partial charge on any atom is -0.0837 e. The molecule has 0 saturated carbocycles. The standard InChI is InChI=1S/C9H6Cl/c10-9-6-2-4-7-3-1-5-8(7)9/h1-2,5-6H,3H2. The van der Waals surface area contributed by atoms with Gasteiger partial charge in [-0.2, -0.15) is 0 Å². The first-order valence-electron chi connectivity index (χ1n) is 3.23. The number of allylic oxidation sites excluding steroid dienone is 1. The van der Waals surface area contributed by atoms with Gasteiger partial charge >= 0.3 is 0 Å². The second kappa shape index (κ2) is 2.14. The third kappa shape index (κ3) is 0.764. The van der Waals surface area contributed by atoms with E-state index in [4.69, 9.17) is 11.6 Å². The second-order valence-electron chi connectivity index (χ2n) is 2.32. The number of hydrogen-bond donors (Lipinski definition) is 0. The summed E-state index contributed by atoms with van der Waals surface area (Å²) in [6.07, 6.45) is 5.14. The summed E-state index contributed by atoms with van der Waals surface area (Å²) < 4.78 is 0. The molecule has 0 heterocycles. The van der Waals surface area contributed by atoms with E-state index in [-0.39, 0.29) is 0 Å². The molecule has 49 valence electrons. The van der Waals surface area contributed by atoms with Gasteiger partial charge in [-0.25, -0.2) is 0 Å². The quantitative estimate of drug-likeness (QED) is 0.532. The van der Waals surface area contributed by atoms with Gasteiger partial charge < -0.3 is 0 Å². The SMILES string of the molecule is Clc1cc[c]c2c1C=CC2. The Morgan fingerprint density at radius 2 is 2.40 bits per heavy atom. The van der Waals surface area contributed by atoms with Crippen molar-refractivity contribution in [1.29, 1.82) is 0 Å².